The number of carbonyl (C=O) groups excluding carboxylic acids is 2. The molecule has 2 bridgehead atoms. The first kappa shape index (κ1) is 6.73. The van der Waals surface area contributed by atoms with Crippen molar-refractivity contribution in [3.63, 3.8) is 0 Å². The molecule has 0 aromatic carbocycles. The lowest BCUT2D eigenvalue weighted by atomic mass is 9.96. The van der Waals surface area contributed by atoms with Crippen LogP contribution >= 0.6 is 0 Å². The van der Waals surface area contributed by atoms with Crippen LogP contribution in [0.4, 0.5) is 0 Å². The summed E-state index contributed by atoms with van der Waals surface area (Å²) in [7, 11) is 0. The summed E-state index contributed by atoms with van der Waals surface area (Å²) < 4.78 is 5.20. The number of fused-ring (bicyclic) bond motifs is 2. The fraction of sp³-hybridized carbons (Fsp3) is 0.500. The third-order valence-electron chi connectivity index (χ3n) is 2.17. The summed E-state index contributed by atoms with van der Waals surface area (Å²) in [4.78, 5) is 22.2. The van der Waals surface area contributed by atoms with Crippen molar-refractivity contribution in [2.75, 3.05) is 0 Å². The number of hydrogen-bond donors (Lipinski definition) is 0. The Balaban J connectivity index is 2.40. The Labute approximate surface area is 64.0 Å². The van der Waals surface area contributed by atoms with E-state index in [1.165, 1.54) is 0 Å². The number of hydrogen-bond acceptors (Lipinski definition) is 3. The molecule has 0 aromatic heterocycles. The first-order chi connectivity index (χ1) is 5.12. The molecule has 2 rings (SSSR count). The maximum absolute atomic E-state index is 11.2. The van der Waals surface area contributed by atoms with Crippen LogP contribution in [0.1, 0.15) is 13.3 Å². The molecule has 58 valence electrons. The molecule has 0 aliphatic carbocycles. The third kappa shape index (κ3) is 0.775. The minimum absolute atomic E-state index is 0.0220. The molecule has 11 heavy (non-hydrogen) atoms. The van der Waals surface area contributed by atoms with E-state index in [-0.39, 0.29) is 18.0 Å². The van der Waals surface area contributed by atoms with Gasteiger partial charge in [-0.05, 0) is 19.1 Å². The predicted molar refractivity (Wildman–Crippen MR) is 37.0 cm³/mol. The van der Waals surface area contributed by atoms with Crippen molar-refractivity contribution >= 4 is 11.6 Å². The molecule has 0 spiro atoms. The van der Waals surface area contributed by atoms with Crippen molar-refractivity contribution < 1.29 is 14.3 Å². The summed E-state index contributed by atoms with van der Waals surface area (Å²) >= 11 is 0. The van der Waals surface area contributed by atoms with Gasteiger partial charge in [-0.3, -0.25) is 9.59 Å². The minimum Gasteiger partial charge on any atom is -0.348 e. The largest absolute Gasteiger partial charge is 0.348 e. The molecule has 3 heteroatoms. The second-order valence-electron chi connectivity index (χ2n) is 3.07. The SMILES string of the molecule is C[C@]12C=C[C@H](O1)C(=O)CC2=O. The highest BCUT2D eigenvalue weighted by atomic mass is 16.5. The molecule has 0 saturated carbocycles. The van der Waals surface area contributed by atoms with Crippen molar-refractivity contribution in [2.24, 2.45) is 0 Å². The average Bonchev–Trinajstić information content (AvgIpc) is 2.28. The van der Waals surface area contributed by atoms with E-state index < -0.39 is 11.7 Å². The van der Waals surface area contributed by atoms with Crippen LogP contribution in [0.3, 0.4) is 0 Å². The van der Waals surface area contributed by atoms with Gasteiger partial charge in [-0.25, -0.2) is 0 Å². The Bertz CT molecular complexity index is 267. The smallest absolute Gasteiger partial charge is 0.175 e. The molecule has 2 aliphatic heterocycles. The van der Waals surface area contributed by atoms with Crippen LogP contribution in [0.15, 0.2) is 12.2 Å². The molecule has 0 amide bonds. The highest BCUT2D eigenvalue weighted by Crippen LogP contribution is 2.30. The van der Waals surface area contributed by atoms with E-state index >= 15 is 0 Å². The standard InChI is InChI=1S/C8H8O3/c1-8-3-2-6(11-8)5(9)4-7(8)10/h2-3,6H,4H2,1H3/t6-,8+/m0/s1. The molecular formula is C8H8O3. The molecule has 3 nitrogen and oxygen atoms in total. The highest BCUT2D eigenvalue weighted by Gasteiger charge is 2.45. The van der Waals surface area contributed by atoms with Crippen LogP contribution in [-0.2, 0) is 14.3 Å². The van der Waals surface area contributed by atoms with Gasteiger partial charge in [0, 0.05) is 0 Å². The van der Waals surface area contributed by atoms with E-state index in [0.717, 1.165) is 0 Å². The first-order valence-corrected chi connectivity index (χ1v) is 3.55. The molecule has 0 aromatic rings. The van der Waals surface area contributed by atoms with E-state index in [4.69, 9.17) is 4.74 Å². The zero-order chi connectivity index (χ0) is 8.06. The van der Waals surface area contributed by atoms with Crippen LogP contribution in [0.2, 0.25) is 0 Å². The van der Waals surface area contributed by atoms with Gasteiger partial charge in [-0.1, -0.05) is 0 Å². The first-order valence-electron chi connectivity index (χ1n) is 3.55. The highest BCUT2D eigenvalue weighted by molar-refractivity contribution is 6.09. The maximum Gasteiger partial charge on any atom is 0.175 e. The fourth-order valence-electron chi connectivity index (χ4n) is 1.38. The normalized spacial score (nSPS) is 41.7. The molecule has 2 heterocycles. The van der Waals surface area contributed by atoms with E-state index in [0.29, 0.717) is 0 Å². The lowest BCUT2D eigenvalue weighted by Crippen LogP contribution is -2.44. The summed E-state index contributed by atoms with van der Waals surface area (Å²) in [6.07, 6.45) is 2.89. The second kappa shape index (κ2) is 1.80. The van der Waals surface area contributed by atoms with Crippen LogP contribution in [0.25, 0.3) is 0 Å². The van der Waals surface area contributed by atoms with E-state index in [1.807, 2.05) is 0 Å². The van der Waals surface area contributed by atoms with Crippen LogP contribution in [0, 0.1) is 0 Å². The Morgan fingerprint density at radius 1 is 1.64 bits per heavy atom. The van der Waals surface area contributed by atoms with Crippen molar-refractivity contribution in [1.29, 1.82) is 0 Å². The van der Waals surface area contributed by atoms with Gasteiger partial charge in [0.25, 0.3) is 0 Å². The topological polar surface area (TPSA) is 43.4 Å². The number of carbonyl (C=O) groups is 2. The molecule has 1 saturated heterocycles. The van der Waals surface area contributed by atoms with E-state index in [9.17, 15) is 9.59 Å². The fourth-order valence-corrected chi connectivity index (χ4v) is 1.38. The van der Waals surface area contributed by atoms with Crippen LogP contribution in [0.5, 0.6) is 0 Å². The van der Waals surface area contributed by atoms with Crippen LogP contribution in [-0.4, -0.2) is 23.3 Å². The average molecular weight is 152 g/mol. The minimum atomic E-state index is -0.807. The van der Waals surface area contributed by atoms with Gasteiger partial charge < -0.3 is 4.74 Å². The van der Waals surface area contributed by atoms with Gasteiger partial charge in [0.15, 0.2) is 11.6 Å². The van der Waals surface area contributed by atoms with Gasteiger partial charge >= 0.3 is 0 Å². The van der Waals surface area contributed by atoms with Crippen molar-refractivity contribution in [3.05, 3.63) is 12.2 Å². The second-order valence-corrected chi connectivity index (χ2v) is 3.07. The summed E-state index contributed by atoms with van der Waals surface area (Å²) in [5.41, 5.74) is -0.807. The van der Waals surface area contributed by atoms with E-state index in [2.05, 4.69) is 0 Å². The number of rotatable bonds is 0. The molecule has 0 radical (unpaired) electrons. The molecule has 0 unspecified atom stereocenters. The molecule has 2 aliphatic rings. The number of ether oxygens (including phenoxy) is 1. The van der Waals surface area contributed by atoms with Gasteiger partial charge in [0.05, 0.1) is 6.42 Å². The molecular weight excluding hydrogens is 144 g/mol. The number of Topliss-reactive ketones (excluding diaryl/α,β-unsaturated/α-hetero) is 2. The van der Waals surface area contributed by atoms with Crippen LogP contribution < -0.4 is 0 Å². The quantitative estimate of drug-likeness (QED) is 0.369. The summed E-state index contributed by atoms with van der Waals surface area (Å²) in [5.74, 6) is -0.256. The Hall–Kier alpha value is -0.960. The lowest BCUT2D eigenvalue weighted by molar-refractivity contribution is -0.155. The third-order valence-corrected chi connectivity index (χ3v) is 2.17. The molecule has 2 atom stereocenters. The Kier molecular flexibility index (Phi) is 1.10. The maximum atomic E-state index is 11.2. The van der Waals surface area contributed by atoms with Gasteiger partial charge in [-0.15, -0.1) is 0 Å². The number of ketones is 2. The molecule has 0 N–H and O–H groups in total. The predicted octanol–water partition coefficient (Wildman–Crippen LogP) is 0.242. The van der Waals surface area contributed by atoms with Crippen molar-refractivity contribution in [3.8, 4) is 0 Å². The molecule has 1 fully saturated rings. The van der Waals surface area contributed by atoms with Crippen molar-refractivity contribution in [2.45, 2.75) is 25.0 Å². The summed E-state index contributed by atoms with van der Waals surface area (Å²) in [6, 6.07) is 0. The summed E-state index contributed by atoms with van der Waals surface area (Å²) in [5, 5.41) is 0. The van der Waals surface area contributed by atoms with E-state index in [1.54, 1.807) is 19.1 Å². The summed E-state index contributed by atoms with van der Waals surface area (Å²) in [6.45, 7) is 1.69. The zero-order valence-corrected chi connectivity index (χ0v) is 6.16. The van der Waals surface area contributed by atoms with Crippen molar-refractivity contribution in [1.82, 2.24) is 0 Å². The monoisotopic (exact) mass is 152 g/mol. The zero-order valence-electron chi connectivity index (χ0n) is 6.16. The Morgan fingerprint density at radius 2 is 2.36 bits per heavy atom. The van der Waals surface area contributed by atoms with Gasteiger partial charge in [0.2, 0.25) is 0 Å². The Morgan fingerprint density at radius 3 is 3.09 bits per heavy atom. The van der Waals surface area contributed by atoms with Gasteiger partial charge in [0.1, 0.15) is 11.7 Å². The lowest BCUT2D eigenvalue weighted by Gasteiger charge is -2.26. The van der Waals surface area contributed by atoms with Gasteiger partial charge in [-0.2, -0.15) is 0 Å².